The summed E-state index contributed by atoms with van der Waals surface area (Å²) in [5, 5.41) is 2.66. The zero-order chi connectivity index (χ0) is 27.5. The molecule has 1 aliphatic carbocycles. The lowest BCUT2D eigenvalue weighted by molar-refractivity contribution is 0.00578. The van der Waals surface area contributed by atoms with E-state index in [1.807, 2.05) is 0 Å². The summed E-state index contributed by atoms with van der Waals surface area (Å²) in [5.41, 5.74) is 6.81. The molecule has 5 nitrogen and oxygen atoms in total. The normalized spacial score (nSPS) is 22.5. The first-order chi connectivity index (χ1) is 18.3. The van der Waals surface area contributed by atoms with Crippen molar-refractivity contribution in [3.8, 4) is 5.69 Å². The van der Waals surface area contributed by atoms with E-state index in [1.54, 1.807) is 0 Å². The largest absolute Gasteiger partial charge is 0.494 e. The van der Waals surface area contributed by atoms with E-state index in [-0.39, 0.29) is 22.4 Å². The minimum absolute atomic E-state index is 0.388. The van der Waals surface area contributed by atoms with Crippen molar-refractivity contribution in [2.75, 3.05) is 0 Å². The molecule has 200 valence electrons. The Morgan fingerprint density at radius 1 is 0.564 bits per heavy atom. The van der Waals surface area contributed by atoms with E-state index in [0.29, 0.717) is 0 Å². The van der Waals surface area contributed by atoms with E-state index in [4.69, 9.17) is 18.6 Å². The zero-order valence-corrected chi connectivity index (χ0v) is 24.3. The molecule has 3 aromatic carbocycles. The van der Waals surface area contributed by atoms with Gasteiger partial charge in [-0.2, -0.15) is 0 Å². The highest BCUT2D eigenvalue weighted by Gasteiger charge is 2.53. The van der Waals surface area contributed by atoms with Crippen LogP contribution in [0, 0.1) is 0 Å². The minimum atomic E-state index is -0.403. The van der Waals surface area contributed by atoms with E-state index in [0.717, 1.165) is 29.5 Å². The van der Waals surface area contributed by atoms with Gasteiger partial charge in [-0.1, -0.05) is 30.3 Å². The van der Waals surface area contributed by atoms with Crippen molar-refractivity contribution in [1.29, 1.82) is 0 Å². The number of aromatic nitrogens is 1. The monoisotopic (exact) mass is 521 g/mol. The van der Waals surface area contributed by atoms with Gasteiger partial charge in [0.1, 0.15) is 0 Å². The predicted molar refractivity (Wildman–Crippen MR) is 160 cm³/mol. The zero-order valence-electron chi connectivity index (χ0n) is 24.3. The highest BCUT2D eigenvalue weighted by molar-refractivity contribution is 6.63. The molecule has 0 atom stereocenters. The summed E-state index contributed by atoms with van der Waals surface area (Å²) in [5.74, 6) is 0. The second-order valence-electron chi connectivity index (χ2n) is 13.5. The van der Waals surface area contributed by atoms with Crippen LogP contribution in [0.2, 0.25) is 0 Å². The van der Waals surface area contributed by atoms with Crippen molar-refractivity contribution >= 4 is 47.0 Å². The summed E-state index contributed by atoms with van der Waals surface area (Å²) >= 11 is 0. The molecule has 2 saturated heterocycles. The fourth-order valence-corrected chi connectivity index (χ4v) is 6.23. The summed E-state index contributed by atoms with van der Waals surface area (Å²) in [4.78, 5) is 0. The van der Waals surface area contributed by atoms with Crippen molar-refractivity contribution in [2.45, 2.75) is 90.6 Å². The van der Waals surface area contributed by atoms with Gasteiger partial charge in [-0.15, -0.1) is 0 Å². The number of hydrogen-bond donors (Lipinski definition) is 0. The van der Waals surface area contributed by atoms with Crippen molar-refractivity contribution in [3.63, 3.8) is 0 Å². The lowest BCUT2D eigenvalue weighted by atomic mass is 9.74. The summed E-state index contributed by atoms with van der Waals surface area (Å²) in [6.07, 6.45) is 1.94. The Kier molecular flexibility index (Phi) is 5.21. The van der Waals surface area contributed by atoms with Gasteiger partial charge in [-0.25, -0.2) is 0 Å². The average molecular weight is 521 g/mol. The van der Waals surface area contributed by atoms with Gasteiger partial charge in [0, 0.05) is 16.5 Å². The Morgan fingerprint density at radius 3 is 1.33 bits per heavy atom. The van der Waals surface area contributed by atoms with Gasteiger partial charge in [0.2, 0.25) is 0 Å². The Morgan fingerprint density at radius 2 is 0.949 bits per heavy atom. The topological polar surface area (TPSA) is 41.9 Å². The fraction of sp³-hybridized carbons (Fsp3) is 0.438. The van der Waals surface area contributed by atoms with Crippen LogP contribution in [0.3, 0.4) is 0 Å². The Bertz CT molecular complexity index is 1500. The van der Waals surface area contributed by atoms with E-state index in [9.17, 15) is 0 Å². The summed E-state index contributed by atoms with van der Waals surface area (Å²) < 4.78 is 28.4. The maximum atomic E-state index is 6.49. The molecule has 0 saturated carbocycles. The van der Waals surface area contributed by atoms with Crippen LogP contribution in [0.15, 0.2) is 54.6 Å². The van der Waals surface area contributed by atoms with Gasteiger partial charge in [-0.05, 0) is 115 Å². The van der Waals surface area contributed by atoms with Crippen molar-refractivity contribution < 1.29 is 18.6 Å². The number of benzene rings is 3. The van der Waals surface area contributed by atoms with E-state index >= 15 is 0 Å². The second kappa shape index (κ2) is 8.01. The van der Waals surface area contributed by atoms with Crippen molar-refractivity contribution in [1.82, 2.24) is 4.57 Å². The first-order valence-corrected chi connectivity index (χ1v) is 14.2. The maximum absolute atomic E-state index is 6.49. The Hall–Kier alpha value is -2.57. The molecule has 0 bridgehead atoms. The van der Waals surface area contributed by atoms with Crippen molar-refractivity contribution in [3.05, 3.63) is 65.7 Å². The van der Waals surface area contributed by atoms with E-state index in [1.165, 1.54) is 32.9 Å². The molecule has 2 fully saturated rings. The second-order valence-corrected chi connectivity index (χ2v) is 13.5. The van der Waals surface area contributed by atoms with Crippen LogP contribution >= 0.6 is 0 Å². The molecule has 3 aliphatic rings. The SMILES string of the molecule is CC1(C)OB(c2cc3c4c5c(cc(B6OC(C)(C)C(C)(C)O6)cc5n(-c5ccccc5)c4c2)CC3)OC1(C)C. The number of hydrogen-bond acceptors (Lipinski definition) is 4. The number of aryl methyl sites for hydroxylation is 2. The molecule has 4 aromatic rings. The van der Waals surface area contributed by atoms with Gasteiger partial charge in [0.05, 0.1) is 33.4 Å². The third kappa shape index (κ3) is 3.63. The van der Waals surface area contributed by atoms with Crippen LogP contribution in [0.1, 0.15) is 66.5 Å². The van der Waals surface area contributed by atoms with Gasteiger partial charge in [-0.3, -0.25) is 0 Å². The van der Waals surface area contributed by atoms with E-state index in [2.05, 4.69) is 115 Å². The summed E-state index contributed by atoms with van der Waals surface area (Å²) in [6.45, 7) is 16.9. The molecule has 3 heterocycles. The average Bonchev–Trinajstić information content (AvgIpc) is 3.40. The lowest BCUT2D eigenvalue weighted by Gasteiger charge is -2.32. The van der Waals surface area contributed by atoms with Crippen LogP contribution < -0.4 is 10.9 Å². The van der Waals surface area contributed by atoms with Gasteiger partial charge < -0.3 is 23.2 Å². The maximum Gasteiger partial charge on any atom is 0.494 e. The van der Waals surface area contributed by atoms with Crippen molar-refractivity contribution in [2.24, 2.45) is 0 Å². The minimum Gasteiger partial charge on any atom is -0.399 e. The quantitative estimate of drug-likeness (QED) is 0.335. The smallest absolute Gasteiger partial charge is 0.399 e. The molecule has 7 heteroatoms. The first kappa shape index (κ1) is 25.4. The van der Waals surface area contributed by atoms with Gasteiger partial charge in [0.15, 0.2) is 0 Å². The standard InChI is InChI=1S/C32H37B2NO4/c1-29(2)30(3,4)37-33(36-29)22-16-20-14-15-21-17-23(34-38-31(5,6)32(7,8)39-34)19-26-28(21)27(20)25(18-22)35(26)24-12-10-9-11-13-24/h9-13,16-19H,14-15H2,1-8H3. The van der Waals surface area contributed by atoms with E-state index < -0.39 is 14.2 Å². The van der Waals surface area contributed by atoms with Gasteiger partial charge >= 0.3 is 14.2 Å². The molecule has 0 N–H and O–H groups in total. The highest BCUT2D eigenvalue weighted by atomic mass is 16.7. The number of para-hydroxylation sites is 1. The Labute approximate surface area is 232 Å². The fourth-order valence-electron chi connectivity index (χ4n) is 6.23. The lowest BCUT2D eigenvalue weighted by Crippen LogP contribution is -2.41. The third-order valence-electron chi connectivity index (χ3n) is 9.90. The molecular weight excluding hydrogens is 484 g/mol. The summed E-state index contributed by atoms with van der Waals surface area (Å²) in [7, 11) is -0.806. The highest BCUT2D eigenvalue weighted by Crippen LogP contribution is 2.42. The van der Waals surface area contributed by atoms with Crippen LogP contribution in [-0.2, 0) is 31.5 Å². The molecule has 7 rings (SSSR count). The Balaban J connectivity index is 1.47. The molecular formula is C32H37B2NO4. The predicted octanol–water partition coefficient (Wildman–Crippen LogP) is 5.48. The molecule has 0 radical (unpaired) electrons. The molecule has 0 unspecified atom stereocenters. The molecule has 2 aliphatic heterocycles. The number of rotatable bonds is 3. The van der Waals surface area contributed by atoms with Crippen LogP contribution in [-0.4, -0.2) is 41.2 Å². The molecule has 39 heavy (non-hydrogen) atoms. The number of nitrogens with zero attached hydrogens (tertiary/aromatic N) is 1. The van der Waals surface area contributed by atoms with Crippen LogP contribution in [0.4, 0.5) is 0 Å². The molecule has 0 amide bonds. The van der Waals surface area contributed by atoms with Crippen LogP contribution in [0.25, 0.3) is 27.5 Å². The summed E-state index contributed by atoms with van der Waals surface area (Å²) in [6, 6.07) is 19.8. The van der Waals surface area contributed by atoms with Crippen LogP contribution in [0.5, 0.6) is 0 Å². The first-order valence-electron chi connectivity index (χ1n) is 14.2. The van der Waals surface area contributed by atoms with Gasteiger partial charge in [0.25, 0.3) is 0 Å². The molecule has 1 aromatic heterocycles. The third-order valence-corrected chi connectivity index (χ3v) is 9.90. The molecule has 0 spiro atoms.